The molecule has 0 radical (unpaired) electrons. The zero-order chi connectivity index (χ0) is 19.3. The second kappa shape index (κ2) is 7.67. The van der Waals surface area contributed by atoms with Crippen LogP contribution in [0.25, 0.3) is 10.9 Å². The van der Waals surface area contributed by atoms with Crippen molar-refractivity contribution in [3.05, 3.63) is 72.6 Å². The first kappa shape index (κ1) is 17.3. The standard InChI is InChI=1S/C20H16N6O2/c1-28-19(27)14-7-9-15(10-8-14)23-20-25-17(12-22-26-20)24-16-6-2-4-13-5-3-11-21-18(13)16/h2-12H,1H3,(H2,23,24,25,26). The van der Waals surface area contributed by atoms with Crippen molar-refractivity contribution in [2.45, 2.75) is 0 Å². The minimum atomic E-state index is -0.389. The number of nitrogens with one attached hydrogen (secondary N) is 2. The number of para-hydroxylation sites is 1. The first-order valence-corrected chi connectivity index (χ1v) is 8.49. The normalized spacial score (nSPS) is 10.5. The molecule has 0 spiro atoms. The van der Waals surface area contributed by atoms with Gasteiger partial charge in [-0.3, -0.25) is 4.98 Å². The summed E-state index contributed by atoms with van der Waals surface area (Å²) in [5, 5.41) is 15.3. The Hall–Kier alpha value is -4.07. The lowest BCUT2D eigenvalue weighted by molar-refractivity contribution is 0.0601. The number of methoxy groups -OCH3 is 1. The molecule has 0 saturated heterocycles. The highest BCUT2D eigenvalue weighted by molar-refractivity contribution is 5.91. The van der Waals surface area contributed by atoms with Gasteiger partial charge in [-0.15, -0.1) is 5.10 Å². The van der Waals surface area contributed by atoms with Crippen LogP contribution in [0.15, 0.2) is 67.0 Å². The van der Waals surface area contributed by atoms with Gasteiger partial charge in [0.05, 0.1) is 30.1 Å². The molecule has 2 aromatic carbocycles. The van der Waals surface area contributed by atoms with Gasteiger partial charge in [-0.1, -0.05) is 18.2 Å². The van der Waals surface area contributed by atoms with E-state index >= 15 is 0 Å². The van der Waals surface area contributed by atoms with Crippen LogP contribution in [0.1, 0.15) is 10.4 Å². The summed E-state index contributed by atoms with van der Waals surface area (Å²) in [6.07, 6.45) is 3.28. The van der Waals surface area contributed by atoms with Gasteiger partial charge in [-0.05, 0) is 36.4 Å². The molecule has 0 aliphatic rings. The van der Waals surface area contributed by atoms with Crippen LogP contribution in [-0.4, -0.2) is 33.2 Å². The van der Waals surface area contributed by atoms with E-state index in [0.29, 0.717) is 17.3 Å². The molecule has 0 unspecified atom stereocenters. The summed E-state index contributed by atoms with van der Waals surface area (Å²) in [6, 6.07) is 16.6. The molecule has 8 heteroatoms. The third kappa shape index (κ3) is 3.70. The van der Waals surface area contributed by atoms with Crippen LogP contribution in [0.4, 0.5) is 23.1 Å². The zero-order valence-corrected chi connectivity index (χ0v) is 15.0. The van der Waals surface area contributed by atoms with Gasteiger partial charge < -0.3 is 15.4 Å². The van der Waals surface area contributed by atoms with Crippen molar-refractivity contribution in [3.63, 3.8) is 0 Å². The lowest BCUT2D eigenvalue weighted by Gasteiger charge is -2.09. The number of fused-ring (bicyclic) bond motifs is 1. The summed E-state index contributed by atoms with van der Waals surface area (Å²) in [7, 11) is 1.35. The molecule has 8 nitrogen and oxygen atoms in total. The summed E-state index contributed by atoms with van der Waals surface area (Å²) in [4.78, 5) is 20.3. The van der Waals surface area contributed by atoms with E-state index in [1.165, 1.54) is 13.3 Å². The second-order valence-corrected chi connectivity index (χ2v) is 5.86. The third-order valence-corrected chi connectivity index (χ3v) is 4.02. The number of benzene rings is 2. The predicted molar refractivity (Wildman–Crippen MR) is 106 cm³/mol. The van der Waals surface area contributed by atoms with Crippen molar-refractivity contribution in [3.8, 4) is 0 Å². The first-order chi connectivity index (χ1) is 13.7. The van der Waals surface area contributed by atoms with Crippen LogP contribution < -0.4 is 10.6 Å². The Kier molecular flexibility index (Phi) is 4.75. The number of anilines is 4. The number of nitrogens with zero attached hydrogens (tertiary/aromatic N) is 4. The van der Waals surface area contributed by atoms with Gasteiger partial charge >= 0.3 is 5.97 Å². The van der Waals surface area contributed by atoms with Crippen molar-refractivity contribution in [2.75, 3.05) is 17.7 Å². The minimum absolute atomic E-state index is 0.323. The van der Waals surface area contributed by atoms with Crippen molar-refractivity contribution < 1.29 is 9.53 Å². The van der Waals surface area contributed by atoms with Crippen molar-refractivity contribution in [1.82, 2.24) is 20.2 Å². The van der Waals surface area contributed by atoms with Crippen LogP contribution in [0.2, 0.25) is 0 Å². The van der Waals surface area contributed by atoms with Gasteiger partial charge in [0.25, 0.3) is 0 Å². The van der Waals surface area contributed by atoms with Crippen LogP contribution in [0, 0.1) is 0 Å². The number of carbonyl (C=O) groups excluding carboxylic acids is 1. The van der Waals surface area contributed by atoms with Crippen LogP contribution in [0.5, 0.6) is 0 Å². The van der Waals surface area contributed by atoms with Crippen LogP contribution in [-0.2, 0) is 4.74 Å². The smallest absolute Gasteiger partial charge is 0.337 e. The minimum Gasteiger partial charge on any atom is -0.465 e. The molecule has 0 bridgehead atoms. The molecule has 0 saturated carbocycles. The molecule has 28 heavy (non-hydrogen) atoms. The number of hydrogen-bond acceptors (Lipinski definition) is 8. The number of aromatic nitrogens is 4. The molecule has 0 atom stereocenters. The maximum atomic E-state index is 11.5. The van der Waals surface area contributed by atoms with Crippen molar-refractivity contribution >= 4 is 40.0 Å². The van der Waals surface area contributed by atoms with Crippen molar-refractivity contribution in [1.29, 1.82) is 0 Å². The lowest BCUT2D eigenvalue weighted by Crippen LogP contribution is -2.04. The Morgan fingerprint density at radius 2 is 1.82 bits per heavy atom. The van der Waals surface area contributed by atoms with E-state index in [-0.39, 0.29) is 5.97 Å². The third-order valence-electron chi connectivity index (χ3n) is 4.02. The van der Waals surface area contributed by atoms with E-state index in [9.17, 15) is 4.79 Å². The second-order valence-electron chi connectivity index (χ2n) is 5.86. The zero-order valence-electron chi connectivity index (χ0n) is 15.0. The highest BCUT2D eigenvalue weighted by Gasteiger charge is 2.07. The number of esters is 1. The van der Waals surface area contributed by atoms with Crippen LogP contribution >= 0.6 is 0 Å². The Bertz CT molecular complexity index is 1130. The monoisotopic (exact) mass is 372 g/mol. The summed E-state index contributed by atoms with van der Waals surface area (Å²) in [5.74, 6) is 0.463. The highest BCUT2D eigenvalue weighted by Crippen LogP contribution is 2.24. The maximum absolute atomic E-state index is 11.5. The molecule has 138 valence electrons. The summed E-state index contributed by atoms with van der Waals surface area (Å²) < 4.78 is 4.69. The van der Waals surface area contributed by atoms with Gasteiger partial charge in [0.15, 0.2) is 5.82 Å². The molecule has 4 aromatic rings. The van der Waals surface area contributed by atoms with E-state index in [1.807, 2.05) is 30.3 Å². The molecule has 0 aliphatic carbocycles. The number of rotatable bonds is 5. The molecule has 4 rings (SSSR count). The fraction of sp³-hybridized carbons (Fsp3) is 0.0500. The molecule has 2 N–H and O–H groups in total. The lowest BCUT2D eigenvalue weighted by atomic mass is 10.2. The largest absolute Gasteiger partial charge is 0.465 e. The van der Waals surface area contributed by atoms with Gasteiger partial charge in [0.2, 0.25) is 5.95 Å². The van der Waals surface area contributed by atoms with Gasteiger partial charge in [0.1, 0.15) is 0 Å². The average molecular weight is 372 g/mol. The number of carbonyl (C=O) groups is 1. The molecule has 0 amide bonds. The quantitative estimate of drug-likeness (QED) is 0.511. The first-order valence-electron chi connectivity index (χ1n) is 8.49. The molecule has 2 heterocycles. The van der Waals surface area contributed by atoms with Crippen LogP contribution in [0.3, 0.4) is 0 Å². The van der Waals surface area contributed by atoms with Gasteiger partial charge in [0, 0.05) is 17.3 Å². The summed E-state index contributed by atoms with van der Waals surface area (Å²) in [5.41, 5.74) is 2.85. The number of ether oxygens (including phenoxy) is 1. The number of hydrogen-bond donors (Lipinski definition) is 2. The molecule has 2 aromatic heterocycles. The molecular weight excluding hydrogens is 356 g/mol. The fourth-order valence-corrected chi connectivity index (χ4v) is 2.70. The molecular formula is C20H16N6O2. The summed E-state index contributed by atoms with van der Waals surface area (Å²) in [6.45, 7) is 0. The summed E-state index contributed by atoms with van der Waals surface area (Å²) >= 11 is 0. The average Bonchev–Trinajstić information content (AvgIpc) is 2.74. The Morgan fingerprint density at radius 1 is 1.00 bits per heavy atom. The topological polar surface area (TPSA) is 102 Å². The van der Waals surface area contributed by atoms with E-state index in [2.05, 4.69) is 35.5 Å². The Morgan fingerprint density at radius 3 is 2.64 bits per heavy atom. The fourth-order valence-electron chi connectivity index (χ4n) is 2.70. The Labute approximate surface area is 160 Å². The van der Waals surface area contributed by atoms with E-state index < -0.39 is 0 Å². The predicted octanol–water partition coefficient (Wildman–Crippen LogP) is 3.69. The van der Waals surface area contributed by atoms with Crippen molar-refractivity contribution in [2.24, 2.45) is 0 Å². The molecule has 0 aliphatic heterocycles. The van der Waals surface area contributed by atoms with Gasteiger partial charge in [-0.25, -0.2) is 4.79 Å². The van der Waals surface area contributed by atoms with Gasteiger partial charge in [-0.2, -0.15) is 10.1 Å². The molecule has 0 fully saturated rings. The Balaban J connectivity index is 1.54. The SMILES string of the molecule is COC(=O)c1ccc(Nc2nncc(Nc3cccc4cccnc34)n2)cc1. The maximum Gasteiger partial charge on any atom is 0.337 e. The van der Waals surface area contributed by atoms with E-state index in [4.69, 9.17) is 0 Å². The highest BCUT2D eigenvalue weighted by atomic mass is 16.5. The number of pyridine rings is 1. The van der Waals surface area contributed by atoms with E-state index in [1.54, 1.807) is 30.5 Å². The van der Waals surface area contributed by atoms with E-state index in [0.717, 1.165) is 22.3 Å².